The number of hydrogen-bond donors (Lipinski definition) is 0. The quantitative estimate of drug-likeness (QED) is 0.693. The molecule has 3 nitrogen and oxygen atoms in total. The van der Waals surface area contributed by atoms with E-state index in [1.807, 2.05) is 6.66 Å². The summed E-state index contributed by atoms with van der Waals surface area (Å²) in [6.07, 6.45) is 6.69. The van der Waals surface area contributed by atoms with Gasteiger partial charge in [0.15, 0.2) is 6.49 Å². The van der Waals surface area contributed by atoms with Gasteiger partial charge in [-0.2, -0.15) is 0 Å². The van der Waals surface area contributed by atoms with Crippen molar-refractivity contribution in [3.05, 3.63) is 0 Å². The first-order valence-electron chi connectivity index (χ1n) is 8.08. The summed E-state index contributed by atoms with van der Waals surface area (Å²) in [5, 5.41) is 0. The number of piperidine rings is 2. The first kappa shape index (κ1) is 16.9. The van der Waals surface area contributed by atoms with Gasteiger partial charge in [0.1, 0.15) is 0 Å². The molecule has 118 valence electrons. The highest BCUT2D eigenvalue weighted by Gasteiger charge is 2.33. The van der Waals surface area contributed by atoms with Gasteiger partial charge in [-0.05, 0) is 62.4 Å². The van der Waals surface area contributed by atoms with Crippen LogP contribution < -0.4 is 0 Å². The van der Waals surface area contributed by atoms with Crippen molar-refractivity contribution in [1.82, 2.24) is 4.90 Å². The molecular weight excluding hydrogens is 289 g/mol. The molecule has 0 radical (unpaired) electrons. The van der Waals surface area contributed by atoms with Gasteiger partial charge in [-0.25, -0.2) is 0 Å². The minimum atomic E-state index is -2.05. The van der Waals surface area contributed by atoms with E-state index in [4.69, 9.17) is 20.9 Å². The fourth-order valence-electron chi connectivity index (χ4n) is 3.32. The molecule has 2 heterocycles. The summed E-state index contributed by atoms with van der Waals surface area (Å²) in [5.41, 5.74) is 0. The fraction of sp³-hybridized carbons (Fsp3) is 1.00. The maximum atomic E-state index is 6.05. The second-order valence-electron chi connectivity index (χ2n) is 6.76. The van der Waals surface area contributed by atoms with Crippen molar-refractivity contribution in [1.29, 1.82) is 0 Å². The number of nitrogens with zero attached hydrogens (tertiary/aromatic N) is 1. The standard InChI is InChI=1S/C15H30NO2PS/c1-13(2)11-17-19(3,20)18-12-14-7-6-10-16-9-5-4-8-15(14)16/h13-15H,4-12H2,1-3H3/t14-,15+,19-/m0/s1. The molecule has 0 unspecified atom stereocenters. The molecule has 0 aromatic carbocycles. The average molecular weight is 319 g/mol. The Morgan fingerprint density at radius 1 is 1.15 bits per heavy atom. The Balaban J connectivity index is 1.81. The van der Waals surface area contributed by atoms with Crippen LogP contribution >= 0.6 is 6.49 Å². The minimum Gasteiger partial charge on any atom is -0.329 e. The van der Waals surface area contributed by atoms with Crippen LogP contribution in [0.5, 0.6) is 0 Å². The maximum absolute atomic E-state index is 6.05. The monoisotopic (exact) mass is 319 g/mol. The Morgan fingerprint density at radius 3 is 2.65 bits per heavy atom. The molecule has 2 aliphatic rings. The molecule has 0 amide bonds. The zero-order chi connectivity index (χ0) is 14.6. The predicted molar refractivity (Wildman–Crippen MR) is 88.9 cm³/mol. The summed E-state index contributed by atoms with van der Waals surface area (Å²) in [6.45, 7) is 8.31. The Morgan fingerprint density at radius 2 is 1.90 bits per heavy atom. The van der Waals surface area contributed by atoms with Gasteiger partial charge in [0.2, 0.25) is 0 Å². The van der Waals surface area contributed by atoms with E-state index in [9.17, 15) is 0 Å². The molecule has 2 saturated heterocycles. The van der Waals surface area contributed by atoms with Gasteiger partial charge >= 0.3 is 0 Å². The Bertz CT molecular complexity index is 349. The van der Waals surface area contributed by atoms with Crippen molar-refractivity contribution in [3.8, 4) is 0 Å². The van der Waals surface area contributed by atoms with E-state index < -0.39 is 6.49 Å². The average Bonchev–Trinajstić information content (AvgIpc) is 2.43. The normalized spacial score (nSPS) is 31.0. The molecular formula is C15H30NO2PS. The van der Waals surface area contributed by atoms with Crippen molar-refractivity contribution in [2.75, 3.05) is 33.0 Å². The smallest absolute Gasteiger partial charge is 0.185 e. The predicted octanol–water partition coefficient (Wildman–Crippen LogP) is 3.88. The highest BCUT2D eigenvalue weighted by molar-refractivity contribution is 8.09. The summed E-state index contributed by atoms with van der Waals surface area (Å²) in [7, 11) is 0. The number of hydrogen-bond acceptors (Lipinski definition) is 4. The van der Waals surface area contributed by atoms with Gasteiger partial charge in [0, 0.05) is 12.7 Å². The lowest BCUT2D eigenvalue weighted by Gasteiger charge is -2.44. The van der Waals surface area contributed by atoms with Crippen molar-refractivity contribution >= 4 is 18.3 Å². The van der Waals surface area contributed by atoms with Crippen molar-refractivity contribution in [3.63, 3.8) is 0 Å². The third-order valence-corrected chi connectivity index (χ3v) is 6.26. The minimum absolute atomic E-state index is 0.518. The third-order valence-electron chi connectivity index (χ3n) is 4.39. The molecule has 0 aromatic heterocycles. The van der Waals surface area contributed by atoms with E-state index >= 15 is 0 Å². The summed E-state index contributed by atoms with van der Waals surface area (Å²) >= 11 is 5.53. The molecule has 0 spiro atoms. The summed E-state index contributed by atoms with van der Waals surface area (Å²) < 4.78 is 11.9. The zero-order valence-electron chi connectivity index (χ0n) is 13.2. The van der Waals surface area contributed by atoms with Gasteiger partial charge < -0.3 is 13.9 Å². The van der Waals surface area contributed by atoms with Crippen LogP contribution in [0.1, 0.15) is 46.0 Å². The lowest BCUT2D eigenvalue weighted by atomic mass is 9.84. The van der Waals surface area contributed by atoms with E-state index in [2.05, 4.69) is 18.7 Å². The largest absolute Gasteiger partial charge is 0.329 e. The van der Waals surface area contributed by atoms with Crippen LogP contribution in [0.3, 0.4) is 0 Å². The maximum Gasteiger partial charge on any atom is 0.185 e. The molecule has 5 heteroatoms. The van der Waals surface area contributed by atoms with E-state index in [0.717, 1.165) is 12.6 Å². The van der Waals surface area contributed by atoms with Crippen molar-refractivity contribution < 1.29 is 9.05 Å². The van der Waals surface area contributed by atoms with Crippen LogP contribution in [0, 0.1) is 11.8 Å². The number of fused-ring (bicyclic) bond motifs is 1. The topological polar surface area (TPSA) is 21.7 Å². The van der Waals surface area contributed by atoms with Gasteiger partial charge in [-0.3, -0.25) is 0 Å². The van der Waals surface area contributed by atoms with Gasteiger partial charge in [0.05, 0.1) is 13.2 Å². The Labute approximate surface area is 129 Å². The Hall–Kier alpha value is 0.530. The summed E-state index contributed by atoms with van der Waals surface area (Å²) in [5.74, 6) is 1.18. The highest BCUT2D eigenvalue weighted by atomic mass is 32.5. The van der Waals surface area contributed by atoms with Gasteiger partial charge in [-0.1, -0.05) is 20.3 Å². The van der Waals surface area contributed by atoms with E-state index in [1.54, 1.807) is 0 Å². The highest BCUT2D eigenvalue weighted by Crippen LogP contribution is 2.46. The van der Waals surface area contributed by atoms with Crippen LogP contribution in [0.25, 0.3) is 0 Å². The first-order valence-corrected chi connectivity index (χ1v) is 11.2. The molecule has 2 aliphatic heterocycles. The second-order valence-corrected chi connectivity index (χ2v) is 10.8. The third kappa shape index (κ3) is 5.06. The van der Waals surface area contributed by atoms with E-state index in [0.29, 0.717) is 18.4 Å². The zero-order valence-corrected chi connectivity index (χ0v) is 14.9. The molecule has 0 aliphatic carbocycles. The fourth-order valence-corrected chi connectivity index (χ4v) is 4.80. The molecule has 0 bridgehead atoms. The Kier molecular flexibility index (Phi) is 6.50. The SMILES string of the molecule is CC(C)CO[P@](C)(=S)OC[C@@H]1CCCN2CCCC[C@H]12. The van der Waals surface area contributed by atoms with Crippen LogP contribution in [0.15, 0.2) is 0 Å². The number of rotatable bonds is 6. The van der Waals surface area contributed by atoms with Crippen LogP contribution in [0.2, 0.25) is 0 Å². The molecule has 0 N–H and O–H groups in total. The molecule has 3 atom stereocenters. The van der Waals surface area contributed by atoms with Crippen molar-refractivity contribution in [2.45, 2.75) is 52.0 Å². The van der Waals surface area contributed by atoms with E-state index in [-0.39, 0.29) is 0 Å². The summed E-state index contributed by atoms with van der Waals surface area (Å²) in [4.78, 5) is 2.68. The van der Waals surface area contributed by atoms with E-state index in [1.165, 1.54) is 45.2 Å². The molecule has 2 rings (SSSR count). The molecule has 0 aromatic rings. The molecule has 0 saturated carbocycles. The summed E-state index contributed by atoms with van der Waals surface area (Å²) in [6, 6.07) is 0.734. The lowest BCUT2D eigenvalue weighted by Crippen LogP contribution is -2.49. The lowest BCUT2D eigenvalue weighted by molar-refractivity contribution is 0.0355. The molecule has 2 fully saturated rings. The van der Waals surface area contributed by atoms with Crippen LogP contribution in [-0.2, 0) is 20.9 Å². The van der Waals surface area contributed by atoms with Crippen LogP contribution in [-0.4, -0.2) is 43.9 Å². The van der Waals surface area contributed by atoms with Crippen molar-refractivity contribution in [2.24, 2.45) is 11.8 Å². The second kappa shape index (κ2) is 7.69. The molecule has 20 heavy (non-hydrogen) atoms. The van der Waals surface area contributed by atoms with Gasteiger partial charge in [-0.15, -0.1) is 0 Å². The van der Waals surface area contributed by atoms with Crippen LogP contribution in [0.4, 0.5) is 0 Å². The van der Waals surface area contributed by atoms with Gasteiger partial charge in [0.25, 0.3) is 0 Å². The first-order chi connectivity index (χ1) is 9.48.